The Bertz CT molecular complexity index is 932. The van der Waals surface area contributed by atoms with Crippen molar-refractivity contribution in [3.05, 3.63) is 66.7 Å². The molecule has 0 aliphatic rings. The zero-order valence-corrected chi connectivity index (χ0v) is 13.3. The van der Waals surface area contributed by atoms with Crippen LogP contribution in [0.4, 0.5) is 5.69 Å². The van der Waals surface area contributed by atoms with E-state index >= 15 is 0 Å². The number of rotatable bonds is 5. The number of benzene rings is 2. The number of oxazole rings is 1. The fourth-order valence-corrected chi connectivity index (χ4v) is 2.51. The summed E-state index contributed by atoms with van der Waals surface area (Å²) in [7, 11) is -3.68. The fraction of sp³-hybridized carbons (Fsp3) is 0. The van der Waals surface area contributed by atoms with Gasteiger partial charge in [-0.05, 0) is 42.0 Å². The first-order valence-corrected chi connectivity index (χ1v) is 8.48. The van der Waals surface area contributed by atoms with Gasteiger partial charge in [-0.3, -0.25) is 5.43 Å². The van der Waals surface area contributed by atoms with Crippen molar-refractivity contribution >= 4 is 21.9 Å². The third kappa shape index (κ3) is 3.86. The summed E-state index contributed by atoms with van der Waals surface area (Å²) in [5, 5.41) is 9.15. The van der Waals surface area contributed by atoms with Gasteiger partial charge in [0.2, 0.25) is 10.0 Å². The summed E-state index contributed by atoms with van der Waals surface area (Å²) in [5.74, 6) is 0.694. The van der Waals surface area contributed by atoms with Gasteiger partial charge in [-0.25, -0.2) is 18.5 Å². The molecule has 0 bridgehead atoms. The molecular weight excluding hydrogens is 328 g/mol. The number of hydrogen-bond acceptors (Lipinski definition) is 6. The highest BCUT2D eigenvalue weighted by molar-refractivity contribution is 7.89. The summed E-state index contributed by atoms with van der Waals surface area (Å²) >= 11 is 0. The van der Waals surface area contributed by atoms with E-state index in [1.807, 2.05) is 24.3 Å². The van der Waals surface area contributed by atoms with Crippen molar-refractivity contribution in [2.24, 2.45) is 10.2 Å². The predicted octanol–water partition coefficient (Wildman–Crippen LogP) is 2.44. The minimum absolute atomic E-state index is 0.0654. The summed E-state index contributed by atoms with van der Waals surface area (Å²) in [6.45, 7) is 0. The van der Waals surface area contributed by atoms with E-state index in [4.69, 9.17) is 9.56 Å². The van der Waals surface area contributed by atoms with E-state index in [0.717, 1.165) is 16.8 Å². The van der Waals surface area contributed by atoms with E-state index in [-0.39, 0.29) is 4.90 Å². The van der Waals surface area contributed by atoms with Gasteiger partial charge in [0, 0.05) is 5.56 Å². The van der Waals surface area contributed by atoms with E-state index < -0.39 is 10.0 Å². The molecule has 3 aromatic rings. The lowest BCUT2D eigenvalue weighted by Crippen LogP contribution is -2.11. The first-order chi connectivity index (χ1) is 11.5. The summed E-state index contributed by atoms with van der Waals surface area (Å²) in [4.78, 5) is 3.94. The number of nitrogens with zero attached hydrogens (tertiary/aromatic N) is 2. The van der Waals surface area contributed by atoms with Crippen LogP contribution >= 0.6 is 0 Å². The van der Waals surface area contributed by atoms with Crippen molar-refractivity contribution in [1.29, 1.82) is 0 Å². The zero-order chi connectivity index (χ0) is 17.0. The minimum atomic E-state index is -3.68. The number of hydrazone groups is 1. The molecule has 1 heterocycles. The summed E-state index contributed by atoms with van der Waals surface area (Å²) < 4.78 is 27.6. The molecule has 0 saturated heterocycles. The van der Waals surface area contributed by atoms with E-state index in [1.165, 1.54) is 18.5 Å². The van der Waals surface area contributed by atoms with Gasteiger partial charge in [0.25, 0.3) is 0 Å². The average molecular weight is 342 g/mol. The molecule has 0 spiro atoms. The van der Waals surface area contributed by atoms with E-state index in [0.29, 0.717) is 5.76 Å². The number of hydrogen-bond donors (Lipinski definition) is 2. The van der Waals surface area contributed by atoms with E-state index in [9.17, 15) is 8.42 Å². The molecule has 0 amide bonds. The van der Waals surface area contributed by atoms with Crippen LogP contribution in [0.5, 0.6) is 0 Å². The smallest absolute Gasteiger partial charge is 0.238 e. The van der Waals surface area contributed by atoms with Gasteiger partial charge in [-0.2, -0.15) is 5.10 Å². The lowest BCUT2D eigenvalue weighted by atomic mass is 10.2. The van der Waals surface area contributed by atoms with Gasteiger partial charge in [0.05, 0.1) is 23.0 Å². The SMILES string of the molecule is NS(=O)(=O)c1ccc(/C=N/Nc2ccc(-c3cnco3)cc2)cc1. The molecule has 3 N–H and O–H groups in total. The fourth-order valence-electron chi connectivity index (χ4n) is 1.99. The average Bonchev–Trinajstić information content (AvgIpc) is 3.10. The van der Waals surface area contributed by atoms with Gasteiger partial charge in [0.1, 0.15) is 0 Å². The van der Waals surface area contributed by atoms with Crippen molar-refractivity contribution in [2.75, 3.05) is 5.43 Å². The molecule has 24 heavy (non-hydrogen) atoms. The van der Waals surface area contributed by atoms with Crippen LogP contribution in [-0.2, 0) is 10.0 Å². The molecular formula is C16H14N4O3S. The number of primary sulfonamides is 1. The Morgan fingerprint density at radius 2 is 1.79 bits per heavy atom. The van der Waals surface area contributed by atoms with Crippen LogP contribution in [0.25, 0.3) is 11.3 Å². The molecule has 0 saturated carbocycles. The second-order valence-corrected chi connectivity index (χ2v) is 6.49. The Hall–Kier alpha value is -2.97. The molecule has 0 aliphatic heterocycles. The van der Waals surface area contributed by atoms with Crippen LogP contribution in [0.15, 0.2) is 75.5 Å². The Labute approximate surface area is 138 Å². The number of anilines is 1. The maximum atomic E-state index is 11.2. The molecule has 0 aliphatic carbocycles. The van der Waals surface area contributed by atoms with Crippen molar-refractivity contribution in [3.63, 3.8) is 0 Å². The molecule has 0 fully saturated rings. The largest absolute Gasteiger partial charge is 0.444 e. The van der Waals surface area contributed by atoms with Crippen LogP contribution in [0.2, 0.25) is 0 Å². The molecule has 2 aromatic carbocycles. The van der Waals surface area contributed by atoms with Crippen molar-refractivity contribution in [1.82, 2.24) is 4.98 Å². The number of sulfonamides is 1. The first-order valence-electron chi connectivity index (χ1n) is 6.93. The van der Waals surface area contributed by atoms with Gasteiger partial charge in [-0.15, -0.1) is 0 Å². The maximum absolute atomic E-state index is 11.2. The van der Waals surface area contributed by atoms with Crippen LogP contribution in [0.3, 0.4) is 0 Å². The Balaban J connectivity index is 1.64. The lowest BCUT2D eigenvalue weighted by Gasteiger charge is -2.02. The molecule has 122 valence electrons. The zero-order valence-electron chi connectivity index (χ0n) is 12.5. The van der Waals surface area contributed by atoms with Crippen molar-refractivity contribution in [2.45, 2.75) is 4.90 Å². The molecule has 0 radical (unpaired) electrons. The molecule has 7 nitrogen and oxygen atoms in total. The Morgan fingerprint density at radius 3 is 2.38 bits per heavy atom. The molecule has 8 heteroatoms. The normalized spacial score (nSPS) is 11.7. The Kier molecular flexibility index (Phi) is 4.41. The summed E-state index contributed by atoms with van der Waals surface area (Å²) in [5.41, 5.74) is 5.35. The van der Waals surface area contributed by atoms with E-state index in [1.54, 1.807) is 24.5 Å². The second kappa shape index (κ2) is 6.65. The third-order valence-electron chi connectivity index (χ3n) is 3.22. The number of nitrogens with one attached hydrogen (secondary N) is 1. The lowest BCUT2D eigenvalue weighted by molar-refractivity contribution is 0.572. The molecule has 0 unspecified atom stereocenters. The third-order valence-corrected chi connectivity index (χ3v) is 4.15. The Morgan fingerprint density at radius 1 is 1.08 bits per heavy atom. The monoisotopic (exact) mass is 342 g/mol. The van der Waals surface area contributed by atoms with Gasteiger partial charge < -0.3 is 4.42 Å². The summed E-state index contributed by atoms with van der Waals surface area (Å²) in [6, 6.07) is 13.6. The van der Waals surface area contributed by atoms with Crippen LogP contribution in [0, 0.1) is 0 Å². The highest BCUT2D eigenvalue weighted by Gasteiger charge is 2.05. The topological polar surface area (TPSA) is 111 Å². The highest BCUT2D eigenvalue weighted by atomic mass is 32.2. The number of aromatic nitrogens is 1. The van der Waals surface area contributed by atoms with Crippen LogP contribution < -0.4 is 10.6 Å². The molecule has 3 rings (SSSR count). The van der Waals surface area contributed by atoms with Gasteiger partial charge >= 0.3 is 0 Å². The quantitative estimate of drug-likeness (QED) is 0.546. The van der Waals surface area contributed by atoms with Gasteiger partial charge in [0.15, 0.2) is 12.2 Å². The minimum Gasteiger partial charge on any atom is -0.444 e. The maximum Gasteiger partial charge on any atom is 0.238 e. The van der Waals surface area contributed by atoms with Crippen LogP contribution in [-0.4, -0.2) is 19.6 Å². The van der Waals surface area contributed by atoms with Gasteiger partial charge in [-0.1, -0.05) is 12.1 Å². The highest BCUT2D eigenvalue weighted by Crippen LogP contribution is 2.20. The van der Waals surface area contributed by atoms with Crippen LogP contribution in [0.1, 0.15) is 5.56 Å². The molecule has 1 aromatic heterocycles. The molecule has 0 atom stereocenters. The number of nitrogens with two attached hydrogens (primary N) is 1. The standard InChI is InChI=1S/C16H14N4O3S/c17-24(21,22)15-7-1-12(2-8-15)9-19-20-14-5-3-13(4-6-14)16-10-18-11-23-16/h1-11,20H,(H2,17,21,22)/b19-9+. The van der Waals surface area contributed by atoms with Crippen molar-refractivity contribution < 1.29 is 12.8 Å². The van der Waals surface area contributed by atoms with Crippen molar-refractivity contribution in [3.8, 4) is 11.3 Å². The van der Waals surface area contributed by atoms with E-state index in [2.05, 4.69) is 15.5 Å². The predicted molar refractivity (Wildman–Crippen MR) is 91.0 cm³/mol. The first kappa shape index (κ1) is 15.9. The summed E-state index contributed by atoms with van der Waals surface area (Å²) in [6.07, 6.45) is 4.61. The second-order valence-electron chi connectivity index (χ2n) is 4.93.